The number of carbonyl (C=O) groups excluding carboxylic acids is 1. The van der Waals surface area contributed by atoms with Gasteiger partial charge in [0.15, 0.2) is 5.82 Å². The monoisotopic (exact) mass is 403 g/mol. The molecule has 1 N–H and O–H groups in total. The molecule has 0 atom stereocenters. The average molecular weight is 403 g/mol. The molecular formula is C23H25N5O2. The van der Waals surface area contributed by atoms with Crippen molar-refractivity contribution in [3.8, 4) is 17.1 Å². The van der Waals surface area contributed by atoms with Gasteiger partial charge in [0, 0.05) is 30.5 Å². The van der Waals surface area contributed by atoms with E-state index in [9.17, 15) is 4.79 Å². The fourth-order valence-electron chi connectivity index (χ4n) is 3.53. The third kappa shape index (κ3) is 4.40. The number of amides is 1. The van der Waals surface area contributed by atoms with Crippen molar-refractivity contribution in [3.05, 3.63) is 60.3 Å². The van der Waals surface area contributed by atoms with E-state index in [2.05, 4.69) is 32.3 Å². The van der Waals surface area contributed by atoms with E-state index in [4.69, 9.17) is 4.74 Å². The molecule has 1 saturated heterocycles. The van der Waals surface area contributed by atoms with Crippen molar-refractivity contribution < 1.29 is 9.53 Å². The van der Waals surface area contributed by atoms with Gasteiger partial charge in [-0.15, -0.1) is 10.2 Å². The predicted molar refractivity (Wildman–Crippen MR) is 117 cm³/mol. The number of nitrogens with one attached hydrogen (secondary N) is 1. The minimum absolute atomic E-state index is 0.271. The van der Waals surface area contributed by atoms with Gasteiger partial charge >= 0.3 is 0 Å². The minimum atomic E-state index is -0.271. The van der Waals surface area contributed by atoms with Crippen LogP contribution < -0.4 is 15.0 Å². The summed E-state index contributed by atoms with van der Waals surface area (Å²) in [6, 6.07) is 14.9. The molecule has 1 aliphatic rings. The maximum Gasteiger partial charge on any atom is 0.261 e. The van der Waals surface area contributed by atoms with Crippen molar-refractivity contribution in [2.24, 2.45) is 5.92 Å². The van der Waals surface area contributed by atoms with Gasteiger partial charge in [-0.1, -0.05) is 19.1 Å². The molecule has 4 rings (SSSR count). The van der Waals surface area contributed by atoms with Crippen LogP contribution in [0.1, 0.15) is 30.1 Å². The molecule has 7 nitrogen and oxygen atoms in total. The van der Waals surface area contributed by atoms with E-state index in [1.54, 1.807) is 18.3 Å². The normalized spacial score (nSPS) is 14.4. The first-order valence-electron chi connectivity index (χ1n) is 10.1. The van der Waals surface area contributed by atoms with Crippen LogP contribution in [0.3, 0.4) is 0 Å². The van der Waals surface area contributed by atoms with Crippen LogP contribution in [0.2, 0.25) is 0 Å². The summed E-state index contributed by atoms with van der Waals surface area (Å²) in [7, 11) is 1.49. The van der Waals surface area contributed by atoms with Crippen LogP contribution in [0.25, 0.3) is 11.3 Å². The summed E-state index contributed by atoms with van der Waals surface area (Å²) < 4.78 is 5.15. The van der Waals surface area contributed by atoms with Gasteiger partial charge in [-0.05, 0) is 55.2 Å². The van der Waals surface area contributed by atoms with Crippen LogP contribution in [0.4, 0.5) is 11.5 Å². The zero-order valence-corrected chi connectivity index (χ0v) is 17.2. The molecule has 0 aliphatic carbocycles. The molecule has 0 saturated carbocycles. The number of pyridine rings is 1. The molecule has 1 aromatic carbocycles. The van der Waals surface area contributed by atoms with Crippen molar-refractivity contribution in [2.45, 2.75) is 19.8 Å². The first kappa shape index (κ1) is 19.8. The van der Waals surface area contributed by atoms with Gasteiger partial charge in [0.25, 0.3) is 5.91 Å². The lowest BCUT2D eigenvalue weighted by Crippen LogP contribution is -2.33. The largest absolute Gasteiger partial charge is 0.480 e. The molecule has 3 aromatic rings. The molecule has 2 aromatic heterocycles. The molecule has 154 valence electrons. The highest BCUT2D eigenvalue weighted by Gasteiger charge is 2.17. The van der Waals surface area contributed by atoms with Gasteiger partial charge in [-0.2, -0.15) is 0 Å². The Morgan fingerprint density at radius 3 is 2.50 bits per heavy atom. The number of ether oxygens (including phenoxy) is 1. The predicted octanol–water partition coefficient (Wildman–Crippen LogP) is 4.04. The average Bonchev–Trinajstić information content (AvgIpc) is 2.80. The lowest BCUT2D eigenvalue weighted by atomic mass is 9.99. The Balaban J connectivity index is 1.42. The Morgan fingerprint density at radius 2 is 1.83 bits per heavy atom. The maximum absolute atomic E-state index is 12.5. The van der Waals surface area contributed by atoms with Crippen molar-refractivity contribution in [1.82, 2.24) is 15.2 Å². The highest BCUT2D eigenvalue weighted by Crippen LogP contribution is 2.24. The van der Waals surface area contributed by atoms with E-state index in [0.717, 1.165) is 36.1 Å². The summed E-state index contributed by atoms with van der Waals surface area (Å²) in [6.07, 6.45) is 3.98. The third-order valence-corrected chi connectivity index (χ3v) is 5.41. The lowest BCUT2D eigenvalue weighted by Gasteiger charge is -2.30. The van der Waals surface area contributed by atoms with E-state index >= 15 is 0 Å². The van der Waals surface area contributed by atoms with E-state index in [-0.39, 0.29) is 5.91 Å². The molecule has 3 heterocycles. The minimum Gasteiger partial charge on any atom is -0.480 e. The van der Waals surface area contributed by atoms with Crippen molar-refractivity contribution in [2.75, 3.05) is 30.4 Å². The smallest absolute Gasteiger partial charge is 0.261 e. The molecular weight excluding hydrogens is 378 g/mol. The molecule has 0 unspecified atom stereocenters. The van der Waals surface area contributed by atoms with Crippen LogP contribution in [-0.4, -0.2) is 41.3 Å². The number of rotatable bonds is 5. The van der Waals surface area contributed by atoms with Crippen molar-refractivity contribution >= 4 is 17.4 Å². The third-order valence-electron chi connectivity index (χ3n) is 5.41. The van der Waals surface area contributed by atoms with E-state index in [1.165, 1.54) is 20.0 Å². The highest BCUT2D eigenvalue weighted by atomic mass is 16.5. The first-order valence-corrected chi connectivity index (χ1v) is 10.1. The number of hydrogen-bond acceptors (Lipinski definition) is 6. The molecule has 1 amide bonds. The van der Waals surface area contributed by atoms with Crippen LogP contribution >= 0.6 is 0 Å². The summed E-state index contributed by atoms with van der Waals surface area (Å²) in [4.78, 5) is 18.8. The zero-order chi connectivity index (χ0) is 20.9. The van der Waals surface area contributed by atoms with E-state index in [1.807, 2.05) is 36.4 Å². The second-order valence-corrected chi connectivity index (χ2v) is 7.54. The van der Waals surface area contributed by atoms with E-state index < -0.39 is 0 Å². The van der Waals surface area contributed by atoms with Crippen LogP contribution in [0.5, 0.6) is 5.88 Å². The van der Waals surface area contributed by atoms with Gasteiger partial charge < -0.3 is 15.0 Å². The first-order chi connectivity index (χ1) is 14.6. The Kier molecular flexibility index (Phi) is 5.88. The number of hydrogen-bond donors (Lipinski definition) is 1. The van der Waals surface area contributed by atoms with Crippen molar-refractivity contribution in [3.63, 3.8) is 0 Å². The lowest BCUT2D eigenvalue weighted by molar-refractivity contribution is 0.102. The fraction of sp³-hybridized carbons (Fsp3) is 0.304. The number of carbonyl (C=O) groups is 1. The van der Waals surface area contributed by atoms with Gasteiger partial charge in [0.1, 0.15) is 5.56 Å². The van der Waals surface area contributed by atoms with Gasteiger partial charge in [-0.25, -0.2) is 4.98 Å². The van der Waals surface area contributed by atoms with Gasteiger partial charge in [-0.3, -0.25) is 4.79 Å². The quantitative estimate of drug-likeness (QED) is 0.693. The molecule has 0 radical (unpaired) electrons. The summed E-state index contributed by atoms with van der Waals surface area (Å²) in [5, 5.41) is 11.7. The summed E-state index contributed by atoms with van der Waals surface area (Å²) in [5.74, 6) is 1.74. The summed E-state index contributed by atoms with van der Waals surface area (Å²) >= 11 is 0. The SMILES string of the molecule is COc1ncccc1C(=O)Nc1ccc(-c2ccc(N3CCC(C)CC3)nn2)cc1. The molecule has 0 bridgehead atoms. The standard InChI is InChI=1S/C23H25N5O2/c1-16-11-14-28(15-12-16)21-10-9-20(26-27-21)17-5-7-18(8-6-17)25-22(29)19-4-3-13-24-23(19)30-2/h3-10,13,16H,11-12,14-15H2,1-2H3,(H,25,29). The Labute approximate surface area is 176 Å². The second-order valence-electron chi connectivity index (χ2n) is 7.54. The number of aromatic nitrogens is 3. The molecule has 30 heavy (non-hydrogen) atoms. The zero-order valence-electron chi connectivity index (χ0n) is 17.2. The van der Waals surface area contributed by atoms with Crippen LogP contribution in [0.15, 0.2) is 54.7 Å². The van der Waals surface area contributed by atoms with Gasteiger partial charge in [0.2, 0.25) is 5.88 Å². The summed E-state index contributed by atoms with van der Waals surface area (Å²) in [5.41, 5.74) is 2.81. The van der Waals surface area contributed by atoms with Crippen molar-refractivity contribution in [1.29, 1.82) is 0 Å². The number of anilines is 2. The Morgan fingerprint density at radius 1 is 1.07 bits per heavy atom. The number of piperidine rings is 1. The molecule has 7 heteroatoms. The van der Waals surface area contributed by atoms with E-state index in [0.29, 0.717) is 17.1 Å². The topological polar surface area (TPSA) is 80.2 Å². The second kappa shape index (κ2) is 8.90. The van der Waals surface area contributed by atoms with Gasteiger partial charge in [0.05, 0.1) is 12.8 Å². The maximum atomic E-state index is 12.5. The number of benzene rings is 1. The Hall–Kier alpha value is -3.48. The highest BCUT2D eigenvalue weighted by molar-refractivity contribution is 6.05. The molecule has 1 fully saturated rings. The number of nitrogens with zero attached hydrogens (tertiary/aromatic N) is 4. The molecule has 1 aliphatic heterocycles. The fourth-order valence-corrected chi connectivity index (χ4v) is 3.53. The molecule has 0 spiro atoms. The summed E-state index contributed by atoms with van der Waals surface area (Å²) in [6.45, 7) is 4.36. The number of methoxy groups -OCH3 is 1. The van der Waals surface area contributed by atoms with Crippen LogP contribution in [-0.2, 0) is 0 Å². The van der Waals surface area contributed by atoms with Crippen LogP contribution in [0, 0.1) is 5.92 Å². The Bertz CT molecular complexity index is 997.